The minimum atomic E-state index is 0.832. The number of aldehydes is 1. The predicted octanol–water partition coefficient (Wildman–Crippen LogP) is 3.33. The second kappa shape index (κ2) is 5.50. The van der Waals surface area contributed by atoms with Crippen LogP contribution in [0.3, 0.4) is 0 Å². The first kappa shape index (κ1) is 11.7. The molecule has 0 aromatic heterocycles. The zero-order valence-corrected chi connectivity index (χ0v) is 9.71. The molecule has 1 aromatic rings. The Bertz CT molecular complexity index is 350. The first-order valence-electron chi connectivity index (χ1n) is 5.47. The number of benzene rings is 1. The molecule has 0 aliphatic rings. The van der Waals surface area contributed by atoms with E-state index in [-0.39, 0.29) is 0 Å². The Morgan fingerprint density at radius 3 is 2.07 bits per heavy atom. The average molecular weight is 202 g/mol. The SMILES string of the molecule is CCc1cc(C)cc(CC)c1C=CC=O. The summed E-state index contributed by atoms with van der Waals surface area (Å²) >= 11 is 0. The van der Waals surface area contributed by atoms with Crippen molar-refractivity contribution in [2.45, 2.75) is 33.6 Å². The van der Waals surface area contributed by atoms with Gasteiger partial charge in [-0.3, -0.25) is 4.79 Å². The predicted molar refractivity (Wildman–Crippen MR) is 65.0 cm³/mol. The second-order valence-electron chi connectivity index (χ2n) is 3.70. The van der Waals surface area contributed by atoms with Crippen molar-refractivity contribution in [1.29, 1.82) is 0 Å². The average Bonchev–Trinajstić information content (AvgIpc) is 2.26. The van der Waals surface area contributed by atoms with Crippen molar-refractivity contribution in [3.05, 3.63) is 40.5 Å². The normalized spacial score (nSPS) is 10.9. The van der Waals surface area contributed by atoms with E-state index in [2.05, 4.69) is 32.9 Å². The lowest BCUT2D eigenvalue weighted by Crippen LogP contribution is -1.95. The molecule has 0 fully saturated rings. The van der Waals surface area contributed by atoms with Gasteiger partial charge in [0.05, 0.1) is 0 Å². The van der Waals surface area contributed by atoms with Gasteiger partial charge in [-0.05, 0) is 42.5 Å². The molecule has 0 heterocycles. The molecular formula is C14H18O. The van der Waals surface area contributed by atoms with Crippen LogP contribution in [0.4, 0.5) is 0 Å². The highest BCUT2D eigenvalue weighted by atomic mass is 16.1. The Kier molecular flexibility index (Phi) is 4.29. The van der Waals surface area contributed by atoms with Gasteiger partial charge in [-0.25, -0.2) is 0 Å². The molecule has 0 spiro atoms. The Hall–Kier alpha value is -1.37. The van der Waals surface area contributed by atoms with Crippen molar-refractivity contribution < 1.29 is 4.79 Å². The number of carbonyl (C=O) groups excluding carboxylic acids is 1. The van der Waals surface area contributed by atoms with Gasteiger partial charge in [0.2, 0.25) is 0 Å². The number of aryl methyl sites for hydroxylation is 3. The molecule has 1 rings (SSSR count). The van der Waals surface area contributed by atoms with Crippen LogP contribution in [0.2, 0.25) is 0 Å². The van der Waals surface area contributed by atoms with E-state index in [0.717, 1.165) is 19.1 Å². The van der Waals surface area contributed by atoms with Gasteiger partial charge in [-0.15, -0.1) is 0 Å². The third kappa shape index (κ3) is 2.79. The van der Waals surface area contributed by atoms with E-state index in [1.807, 2.05) is 6.08 Å². The van der Waals surface area contributed by atoms with Crippen LogP contribution in [0.1, 0.15) is 36.1 Å². The van der Waals surface area contributed by atoms with Gasteiger partial charge < -0.3 is 0 Å². The third-order valence-electron chi connectivity index (χ3n) is 2.60. The van der Waals surface area contributed by atoms with Crippen molar-refractivity contribution in [2.75, 3.05) is 0 Å². The Morgan fingerprint density at radius 2 is 1.67 bits per heavy atom. The van der Waals surface area contributed by atoms with Gasteiger partial charge in [0, 0.05) is 0 Å². The molecule has 0 saturated carbocycles. The van der Waals surface area contributed by atoms with E-state index in [1.54, 1.807) is 6.08 Å². The maximum absolute atomic E-state index is 10.4. The zero-order chi connectivity index (χ0) is 11.3. The number of allylic oxidation sites excluding steroid dienone is 1. The molecule has 0 radical (unpaired) electrons. The van der Waals surface area contributed by atoms with Crippen LogP contribution in [0.25, 0.3) is 6.08 Å². The fourth-order valence-electron chi connectivity index (χ4n) is 1.89. The fourth-order valence-corrected chi connectivity index (χ4v) is 1.89. The van der Waals surface area contributed by atoms with E-state index in [9.17, 15) is 4.79 Å². The number of hydrogen-bond acceptors (Lipinski definition) is 1. The summed E-state index contributed by atoms with van der Waals surface area (Å²) in [7, 11) is 0. The first-order valence-corrected chi connectivity index (χ1v) is 5.47. The minimum Gasteiger partial charge on any atom is -0.299 e. The summed E-state index contributed by atoms with van der Waals surface area (Å²) in [6, 6.07) is 4.40. The fraction of sp³-hybridized carbons (Fsp3) is 0.357. The summed E-state index contributed by atoms with van der Waals surface area (Å²) in [4.78, 5) is 10.4. The quantitative estimate of drug-likeness (QED) is 0.540. The van der Waals surface area contributed by atoms with Crippen molar-refractivity contribution >= 4 is 12.4 Å². The number of hydrogen-bond donors (Lipinski definition) is 0. The van der Waals surface area contributed by atoms with Crippen LogP contribution in [0.15, 0.2) is 18.2 Å². The first-order chi connectivity index (χ1) is 7.22. The van der Waals surface area contributed by atoms with Crippen LogP contribution >= 0.6 is 0 Å². The van der Waals surface area contributed by atoms with E-state index < -0.39 is 0 Å². The highest BCUT2D eigenvalue weighted by Crippen LogP contribution is 2.20. The van der Waals surface area contributed by atoms with E-state index in [1.165, 1.54) is 22.3 Å². The van der Waals surface area contributed by atoms with Crippen LogP contribution < -0.4 is 0 Å². The molecule has 1 heteroatoms. The Balaban J connectivity index is 3.29. The molecule has 1 nitrogen and oxygen atoms in total. The second-order valence-corrected chi connectivity index (χ2v) is 3.70. The van der Waals surface area contributed by atoms with Gasteiger partial charge in [0.25, 0.3) is 0 Å². The van der Waals surface area contributed by atoms with Crippen LogP contribution in [-0.4, -0.2) is 6.29 Å². The van der Waals surface area contributed by atoms with Crippen LogP contribution in [0.5, 0.6) is 0 Å². The molecule has 0 atom stereocenters. The molecule has 0 N–H and O–H groups in total. The monoisotopic (exact) mass is 202 g/mol. The van der Waals surface area contributed by atoms with Gasteiger partial charge in [0.15, 0.2) is 0 Å². The molecule has 0 aliphatic carbocycles. The molecule has 1 aromatic carbocycles. The summed E-state index contributed by atoms with van der Waals surface area (Å²) in [6.45, 7) is 6.41. The number of carbonyl (C=O) groups is 1. The maximum atomic E-state index is 10.4. The van der Waals surface area contributed by atoms with Gasteiger partial charge in [0.1, 0.15) is 6.29 Å². The minimum absolute atomic E-state index is 0.832. The standard InChI is InChI=1S/C14H18O/c1-4-12-9-11(3)10-13(5-2)14(12)7-6-8-15/h6-10H,4-5H2,1-3H3. The zero-order valence-electron chi connectivity index (χ0n) is 9.71. The lowest BCUT2D eigenvalue weighted by Gasteiger charge is -2.11. The van der Waals surface area contributed by atoms with Crippen molar-refractivity contribution in [1.82, 2.24) is 0 Å². The Labute approximate surface area is 91.8 Å². The lowest BCUT2D eigenvalue weighted by atomic mass is 9.95. The van der Waals surface area contributed by atoms with Crippen LogP contribution in [-0.2, 0) is 17.6 Å². The summed E-state index contributed by atoms with van der Waals surface area (Å²) in [5.74, 6) is 0. The van der Waals surface area contributed by atoms with Gasteiger partial charge in [-0.1, -0.05) is 37.6 Å². The highest BCUT2D eigenvalue weighted by Gasteiger charge is 2.04. The molecular weight excluding hydrogens is 184 g/mol. The maximum Gasteiger partial charge on any atom is 0.142 e. The molecule has 0 saturated heterocycles. The van der Waals surface area contributed by atoms with Gasteiger partial charge in [-0.2, -0.15) is 0 Å². The van der Waals surface area contributed by atoms with Crippen molar-refractivity contribution in [2.24, 2.45) is 0 Å². The highest BCUT2D eigenvalue weighted by molar-refractivity contribution is 5.75. The van der Waals surface area contributed by atoms with E-state index in [0.29, 0.717) is 0 Å². The van der Waals surface area contributed by atoms with E-state index >= 15 is 0 Å². The summed E-state index contributed by atoms with van der Waals surface area (Å²) in [5, 5.41) is 0. The van der Waals surface area contributed by atoms with E-state index in [4.69, 9.17) is 0 Å². The summed E-state index contributed by atoms with van der Waals surface area (Å²) < 4.78 is 0. The largest absolute Gasteiger partial charge is 0.299 e. The smallest absolute Gasteiger partial charge is 0.142 e. The lowest BCUT2D eigenvalue weighted by molar-refractivity contribution is -0.104. The van der Waals surface area contributed by atoms with Gasteiger partial charge >= 0.3 is 0 Å². The summed E-state index contributed by atoms with van der Waals surface area (Å²) in [5.41, 5.74) is 5.17. The molecule has 0 aliphatic heterocycles. The van der Waals surface area contributed by atoms with Crippen molar-refractivity contribution in [3.63, 3.8) is 0 Å². The summed E-state index contributed by atoms with van der Waals surface area (Å²) in [6.07, 6.45) is 6.34. The molecule has 0 amide bonds. The molecule has 0 bridgehead atoms. The number of rotatable bonds is 4. The topological polar surface area (TPSA) is 17.1 Å². The Morgan fingerprint density at radius 1 is 1.13 bits per heavy atom. The van der Waals surface area contributed by atoms with Crippen molar-refractivity contribution in [3.8, 4) is 0 Å². The molecule has 15 heavy (non-hydrogen) atoms. The third-order valence-corrected chi connectivity index (χ3v) is 2.60. The molecule has 80 valence electrons. The molecule has 0 unspecified atom stereocenters. The van der Waals surface area contributed by atoms with Crippen LogP contribution in [0, 0.1) is 6.92 Å².